The third-order valence-corrected chi connectivity index (χ3v) is 3.48. The number of nitrogens with zero attached hydrogens (tertiary/aromatic N) is 2. The number of nitrogens with one attached hydrogen (secondary N) is 1. The smallest absolute Gasteiger partial charge is 0.246 e. The third-order valence-electron chi connectivity index (χ3n) is 3.48. The summed E-state index contributed by atoms with van der Waals surface area (Å²) in [5, 5.41) is 7.53. The van der Waals surface area contributed by atoms with Gasteiger partial charge in [0, 0.05) is 12.7 Å². The standard InChI is InChI=1S/C15H20N4O2/c1-15(2,3)6-8-19-13-9(5-4-7-18-13)11(20)10(12(16)17)14(19)21/h4-5,7,10H,6,8H2,1-3H3,(H3,16,17). The SMILES string of the molecule is CC(C)(C)CCN1C(=O)C(C(=N)N)C(=O)c2cccnc21. The topological polar surface area (TPSA) is 100 Å². The van der Waals surface area contributed by atoms with Crippen molar-refractivity contribution in [3.05, 3.63) is 23.9 Å². The molecule has 1 atom stereocenters. The van der Waals surface area contributed by atoms with Crippen molar-refractivity contribution in [2.75, 3.05) is 11.4 Å². The molecule has 2 rings (SSSR count). The summed E-state index contributed by atoms with van der Waals surface area (Å²) in [5.41, 5.74) is 5.84. The van der Waals surface area contributed by atoms with Gasteiger partial charge >= 0.3 is 0 Å². The summed E-state index contributed by atoms with van der Waals surface area (Å²) in [6.07, 6.45) is 2.31. The van der Waals surface area contributed by atoms with Crippen molar-refractivity contribution in [3.63, 3.8) is 0 Å². The second-order valence-electron chi connectivity index (χ2n) is 6.43. The van der Waals surface area contributed by atoms with Crippen LogP contribution in [0.2, 0.25) is 0 Å². The molecule has 0 radical (unpaired) electrons. The van der Waals surface area contributed by atoms with Crippen molar-refractivity contribution in [1.82, 2.24) is 4.98 Å². The van der Waals surface area contributed by atoms with Gasteiger partial charge < -0.3 is 5.73 Å². The van der Waals surface area contributed by atoms with Crippen LogP contribution in [0.4, 0.5) is 5.82 Å². The van der Waals surface area contributed by atoms with Crippen molar-refractivity contribution < 1.29 is 9.59 Å². The van der Waals surface area contributed by atoms with E-state index in [0.29, 0.717) is 17.9 Å². The Labute approximate surface area is 123 Å². The number of ketones is 1. The number of amides is 1. The number of hydrogen-bond donors (Lipinski definition) is 2. The van der Waals surface area contributed by atoms with Crippen molar-refractivity contribution in [3.8, 4) is 0 Å². The number of amidine groups is 1. The number of aromatic nitrogens is 1. The van der Waals surface area contributed by atoms with Gasteiger partial charge in [-0.25, -0.2) is 4.98 Å². The zero-order chi connectivity index (χ0) is 15.8. The van der Waals surface area contributed by atoms with E-state index in [9.17, 15) is 9.59 Å². The number of pyridine rings is 1. The number of anilines is 1. The van der Waals surface area contributed by atoms with E-state index in [1.54, 1.807) is 18.3 Å². The highest BCUT2D eigenvalue weighted by Crippen LogP contribution is 2.30. The maximum absolute atomic E-state index is 12.5. The molecule has 3 N–H and O–H groups in total. The van der Waals surface area contributed by atoms with Crippen LogP contribution in [0.3, 0.4) is 0 Å². The molecule has 0 bridgehead atoms. The van der Waals surface area contributed by atoms with Gasteiger partial charge in [0.1, 0.15) is 11.7 Å². The van der Waals surface area contributed by atoms with Gasteiger partial charge in [-0.15, -0.1) is 0 Å². The molecule has 0 aromatic carbocycles. The largest absolute Gasteiger partial charge is 0.387 e. The van der Waals surface area contributed by atoms with Crippen LogP contribution in [0.25, 0.3) is 0 Å². The Hall–Kier alpha value is -2.24. The first-order valence-corrected chi connectivity index (χ1v) is 6.87. The fraction of sp³-hybridized carbons (Fsp3) is 0.467. The third kappa shape index (κ3) is 2.94. The first-order chi connectivity index (χ1) is 9.72. The number of fused-ring (bicyclic) bond motifs is 1. The molecule has 6 heteroatoms. The van der Waals surface area contributed by atoms with Crippen LogP contribution < -0.4 is 10.6 Å². The summed E-state index contributed by atoms with van der Waals surface area (Å²) in [7, 11) is 0. The molecule has 1 aromatic rings. The summed E-state index contributed by atoms with van der Waals surface area (Å²) in [6.45, 7) is 6.68. The molecular formula is C15H20N4O2. The molecule has 6 nitrogen and oxygen atoms in total. The molecule has 1 aliphatic rings. The lowest BCUT2D eigenvalue weighted by Crippen LogP contribution is -2.50. The molecule has 0 saturated heterocycles. The molecule has 1 aromatic heterocycles. The van der Waals surface area contributed by atoms with Gasteiger partial charge in [0.25, 0.3) is 0 Å². The molecule has 1 aliphatic heterocycles. The normalized spacial score (nSPS) is 18.6. The van der Waals surface area contributed by atoms with Crippen LogP contribution >= 0.6 is 0 Å². The first-order valence-electron chi connectivity index (χ1n) is 6.87. The van der Waals surface area contributed by atoms with Crippen LogP contribution in [0.15, 0.2) is 18.3 Å². The molecule has 1 amide bonds. The lowest BCUT2D eigenvalue weighted by molar-refractivity contribution is -0.119. The monoisotopic (exact) mass is 288 g/mol. The summed E-state index contributed by atoms with van der Waals surface area (Å²) >= 11 is 0. The zero-order valence-corrected chi connectivity index (χ0v) is 12.5. The molecule has 21 heavy (non-hydrogen) atoms. The Morgan fingerprint density at radius 3 is 2.67 bits per heavy atom. The molecule has 0 saturated carbocycles. The lowest BCUT2D eigenvalue weighted by Gasteiger charge is -2.33. The Morgan fingerprint density at radius 2 is 2.10 bits per heavy atom. The minimum Gasteiger partial charge on any atom is -0.387 e. The van der Waals surface area contributed by atoms with Crippen LogP contribution in [-0.4, -0.2) is 29.1 Å². The maximum Gasteiger partial charge on any atom is 0.246 e. The first kappa shape index (κ1) is 15.2. The molecule has 112 valence electrons. The highest BCUT2D eigenvalue weighted by molar-refractivity contribution is 6.30. The summed E-state index contributed by atoms with van der Waals surface area (Å²) < 4.78 is 0. The van der Waals surface area contributed by atoms with E-state index < -0.39 is 23.4 Å². The predicted octanol–water partition coefficient (Wildman–Crippen LogP) is 1.60. The van der Waals surface area contributed by atoms with Gasteiger partial charge in [0.05, 0.1) is 5.56 Å². The van der Waals surface area contributed by atoms with E-state index >= 15 is 0 Å². The lowest BCUT2D eigenvalue weighted by atomic mass is 9.88. The average Bonchev–Trinajstić information content (AvgIpc) is 2.37. The number of rotatable bonds is 3. The van der Waals surface area contributed by atoms with Gasteiger partial charge in [-0.3, -0.25) is 19.9 Å². The molecule has 1 unspecified atom stereocenters. The second-order valence-corrected chi connectivity index (χ2v) is 6.43. The van der Waals surface area contributed by atoms with Crippen molar-refractivity contribution in [2.24, 2.45) is 17.1 Å². The number of hydrogen-bond acceptors (Lipinski definition) is 4. The van der Waals surface area contributed by atoms with Crippen LogP contribution in [0, 0.1) is 16.7 Å². The van der Waals surface area contributed by atoms with Crippen molar-refractivity contribution in [2.45, 2.75) is 27.2 Å². The number of nitrogens with two attached hydrogens (primary N) is 1. The van der Waals surface area contributed by atoms with E-state index in [0.717, 1.165) is 6.42 Å². The van der Waals surface area contributed by atoms with E-state index in [1.807, 2.05) is 0 Å². The summed E-state index contributed by atoms with van der Waals surface area (Å²) in [6, 6.07) is 3.27. The Morgan fingerprint density at radius 1 is 1.43 bits per heavy atom. The van der Waals surface area contributed by atoms with Crippen LogP contribution in [0.5, 0.6) is 0 Å². The van der Waals surface area contributed by atoms with Gasteiger partial charge in [-0.1, -0.05) is 20.8 Å². The van der Waals surface area contributed by atoms with E-state index in [-0.39, 0.29) is 5.41 Å². The van der Waals surface area contributed by atoms with Gasteiger partial charge in [0.2, 0.25) is 5.91 Å². The van der Waals surface area contributed by atoms with Crippen LogP contribution in [0.1, 0.15) is 37.6 Å². The number of carbonyl (C=O) groups excluding carboxylic acids is 2. The summed E-state index contributed by atoms with van der Waals surface area (Å²) in [4.78, 5) is 30.5. The molecule has 0 fully saturated rings. The fourth-order valence-electron chi connectivity index (χ4n) is 2.27. The van der Waals surface area contributed by atoms with Crippen LogP contribution in [-0.2, 0) is 4.79 Å². The van der Waals surface area contributed by atoms with Crippen molar-refractivity contribution in [1.29, 1.82) is 5.41 Å². The van der Waals surface area contributed by atoms with Crippen molar-refractivity contribution >= 4 is 23.3 Å². The Bertz CT molecular complexity index is 604. The Balaban J connectivity index is 2.43. The second kappa shape index (κ2) is 5.27. The predicted molar refractivity (Wildman–Crippen MR) is 80.4 cm³/mol. The van der Waals surface area contributed by atoms with Gasteiger partial charge in [-0.2, -0.15) is 0 Å². The highest BCUT2D eigenvalue weighted by Gasteiger charge is 2.42. The van der Waals surface area contributed by atoms with Gasteiger partial charge in [0.15, 0.2) is 11.7 Å². The molecule has 0 spiro atoms. The maximum atomic E-state index is 12.5. The Kier molecular flexibility index (Phi) is 3.80. The quantitative estimate of drug-likeness (QED) is 0.501. The fourth-order valence-corrected chi connectivity index (χ4v) is 2.27. The highest BCUT2D eigenvalue weighted by atomic mass is 16.2. The minimum absolute atomic E-state index is 0.0440. The molecular weight excluding hydrogens is 268 g/mol. The zero-order valence-electron chi connectivity index (χ0n) is 12.5. The molecule has 2 heterocycles. The number of carbonyl (C=O) groups is 2. The van der Waals surface area contributed by atoms with E-state index in [4.69, 9.17) is 11.1 Å². The summed E-state index contributed by atoms with van der Waals surface area (Å²) in [5.74, 6) is -2.17. The molecule has 0 aliphatic carbocycles. The minimum atomic E-state index is -1.22. The van der Waals surface area contributed by atoms with Gasteiger partial charge in [-0.05, 0) is 24.0 Å². The number of Topliss-reactive ketones (excluding diaryl/α,β-unsaturated/α-hetero) is 1. The van der Waals surface area contributed by atoms with E-state index in [2.05, 4.69) is 25.8 Å². The van der Waals surface area contributed by atoms with E-state index in [1.165, 1.54) is 4.90 Å². The average molecular weight is 288 g/mol.